The summed E-state index contributed by atoms with van der Waals surface area (Å²) in [6.07, 6.45) is 7.45. The monoisotopic (exact) mass is 414 g/mol. The first-order chi connectivity index (χ1) is 14.7. The first-order valence-electron chi connectivity index (χ1n) is 10.9. The maximum Gasteiger partial charge on any atom is 0.305 e. The van der Waals surface area contributed by atoms with Crippen LogP contribution in [0.3, 0.4) is 0 Å². The van der Waals surface area contributed by atoms with Gasteiger partial charge in [0.2, 0.25) is 5.89 Å². The summed E-state index contributed by atoms with van der Waals surface area (Å²) in [5.74, 6) is 1.31. The summed E-state index contributed by atoms with van der Waals surface area (Å²) < 4.78 is 10.5. The summed E-state index contributed by atoms with van der Waals surface area (Å²) in [5.41, 5.74) is 1.76. The average Bonchev–Trinajstić information content (AvgIpc) is 3.23. The summed E-state index contributed by atoms with van der Waals surface area (Å²) in [7, 11) is 0. The van der Waals surface area contributed by atoms with E-state index in [1.54, 1.807) is 6.26 Å². The van der Waals surface area contributed by atoms with E-state index >= 15 is 0 Å². The van der Waals surface area contributed by atoms with Crippen molar-refractivity contribution in [3.05, 3.63) is 42.3 Å². The Bertz CT molecular complexity index is 759. The van der Waals surface area contributed by atoms with Gasteiger partial charge in [0.1, 0.15) is 12.0 Å². The zero-order valence-electron chi connectivity index (χ0n) is 18.2. The minimum atomic E-state index is -0.0892. The van der Waals surface area contributed by atoms with Crippen molar-refractivity contribution in [2.45, 2.75) is 58.9 Å². The van der Waals surface area contributed by atoms with Crippen LogP contribution in [0.4, 0.5) is 0 Å². The Hall–Kier alpha value is -2.83. The fourth-order valence-electron chi connectivity index (χ4n) is 2.96. The van der Waals surface area contributed by atoms with Crippen LogP contribution in [0.5, 0.6) is 0 Å². The second-order valence-electron chi connectivity index (χ2n) is 6.95. The van der Waals surface area contributed by atoms with Crippen molar-refractivity contribution >= 4 is 11.9 Å². The number of hydrogen-bond acceptors (Lipinski definition) is 5. The predicted octanol–water partition coefficient (Wildman–Crippen LogP) is 4.30. The van der Waals surface area contributed by atoms with E-state index in [-0.39, 0.29) is 5.97 Å². The Morgan fingerprint density at radius 2 is 1.83 bits per heavy atom. The van der Waals surface area contributed by atoms with E-state index in [1.165, 1.54) is 0 Å². The van der Waals surface area contributed by atoms with Gasteiger partial charge in [-0.2, -0.15) is 0 Å². The number of rotatable bonds is 13. The van der Waals surface area contributed by atoms with Crippen LogP contribution in [0.25, 0.3) is 11.5 Å². The zero-order chi connectivity index (χ0) is 21.4. The van der Waals surface area contributed by atoms with Gasteiger partial charge in [0, 0.05) is 25.1 Å². The van der Waals surface area contributed by atoms with Gasteiger partial charge in [0.25, 0.3) is 0 Å². The second kappa shape index (κ2) is 14.2. The number of hydrogen-bond donors (Lipinski definition) is 2. The third kappa shape index (κ3) is 9.11. The molecular formula is C23H34N4O3. The van der Waals surface area contributed by atoms with Crippen LogP contribution in [-0.2, 0) is 16.1 Å². The topological polar surface area (TPSA) is 88.8 Å². The van der Waals surface area contributed by atoms with E-state index in [2.05, 4.69) is 20.6 Å². The van der Waals surface area contributed by atoms with Crippen LogP contribution < -0.4 is 10.6 Å². The molecule has 0 aliphatic heterocycles. The highest BCUT2D eigenvalue weighted by Crippen LogP contribution is 2.18. The van der Waals surface area contributed by atoms with E-state index < -0.39 is 0 Å². The molecule has 0 radical (unpaired) electrons. The van der Waals surface area contributed by atoms with Crippen molar-refractivity contribution in [3.8, 4) is 11.5 Å². The van der Waals surface area contributed by atoms with E-state index in [9.17, 15) is 4.79 Å². The molecule has 1 aromatic carbocycles. The number of ether oxygens (including phenoxy) is 1. The molecule has 0 bridgehead atoms. The molecular weight excluding hydrogens is 380 g/mol. The Labute approximate surface area is 179 Å². The van der Waals surface area contributed by atoms with Crippen molar-refractivity contribution in [2.24, 2.45) is 4.99 Å². The molecule has 2 aromatic rings. The number of guanidine groups is 1. The minimum Gasteiger partial charge on any atom is -0.466 e. The molecule has 0 unspecified atom stereocenters. The van der Waals surface area contributed by atoms with Gasteiger partial charge in [-0.05, 0) is 38.8 Å². The molecule has 1 heterocycles. The van der Waals surface area contributed by atoms with Gasteiger partial charge >= 0.3 is 5.97 Å². The summed E-state index contributed by atoms with van der Waals surface area (Å²) in [6, 6.07) is 9.84. The number of carbonyl (C=O) groups excluding carboxylic acids is 1. The number of carbonyl (C=O) groups is 1. The zero-order valence-corrected chi connectivity index (χ0v) is 18.2. The fourth-order valence-corrected chi connectivity index (χ4v) is 2.96. The average molecular weight is 415 g/mol. The summed E-state index contributed by atoms with van der Waals surface area (Å²) >= 11 is 0. The van der Waals surface area contributed by atoms with Crippen LogP contribution >= 0.6 is 0 Å². The van der Waals surface area contributed by atoms with Crippen LogP contribution in [0.2, 0.25) is 0 Å². The van der Waals surface area contributed by atoms with Crippen LogP contribution in [0, 0.1) is 0 Å². The molecule has 0 aliphatic carbocycles. The molecule has 7 nitrogen and oxygen atoms in total. The molecule has 0 atom stereocenters. The number of aliphatic imine (C=N–C) groups is 1. The van der Waals surface area contributed by atoms with Crippen molar-refractivity contribution in [3.63, 3.8) is 0 Å². The highest BCUT2D eigenvalue weighted by atomic mass is 16.5. The third-order valence-electron chi connectivity index (χ3n) is 4.47. The number of aromatic nitrogens is 1. The Kier molecular flexibility index (Phi) is 11.1. The lowest BCUT2D eigenvalue weighted by molar-refractivity contribution is -0.143. The van der Waals surface area contributed by atoms with Gasteiger partial charge in [-0.1, -0.05) is 37.5 Å². The first-order valence-corrected chi connectivity index (χ1v) is 10.9. The highest BCUT2D eigenvalue weighted by Gasteiger charge is 2.06. The van der Waals surface area contributed by atoms with E-state index in [0.717, 1.165) is 62.4 Å². The molecule has 0 amide bonds. The van der Waals surface area contributed by atoms with Gasteiger partial charge in [0.15, 0.2) is 5.96 Å². The van der Waals surface area contributed by atoms with E-state index in [1.807, 2.05) is 44.2 Å². The van der Waals surface area contributed by atoms with Crippen LogP contribution in [0.15, 0.2) is 46.0 Å². The van der Waals surface area contributed by atoms with Crippen LogP contribution in [0.1, 0.15) is 58.1 Å². The maximum atomic E-state index is 11.3. The number of unbranched alkanes of at least 4 members (excludes halogenated alkanes) is 4. The number of esters is 1. The van der Waals surface area contributed by atoms with Crippen molar-refractivity contribution < 1.29 is 13.9 Å². The van der Waals surface area contributed by atoms with E-state index in [0.29, 0.717) is 25.5 Å². The summed E-state index contributed by atoms with van der Waals surface area (Å²) in [5, 5.41) is 6.62. The molecule has 2 rings (SSSR count). The first kappa shape index (κ1) is 23.4. The lowest BCUT2D eigenvalue weighted by Gasteiger charge is -2.10. The number of nitrogens with one attached hydrogen (secondary N) is 2. The molecule has 0 saturated carbocycles. The van der Waals surface area contributed by atoms with Crippen molar-refractivity contribution in [1.82, 2.24) is 15.6 Å². The van der Waals surface area contributed by atoms with Gasteiger partial charge in [-0.3, -0.25) is 4.79 Å². The summed E-state index contributed by atoms with van der Waals surface area (Å²) in [6.45, 7) is 6.46. The molecule has 2 N–H and O–H groups in total. The Morgan fingerprint density at radius 1 is 1.07 bits per heavy atom. The van der Waals surface area contributed by atoms with E-state index in [4.69, 9.17) is 9.15 Å². The van der Waals surface area contributed by atoms with Crippen molar-refractivity contribution in [1.29, 1.82) is 0 Å². The third-order valence-corrected chi connectivity index (χ3v) is 4.47. The quantitative estimate of drug-likeness (QED) is 0.220. The second-order valence-corrected chi connectivity index (χ2v) is 6.95. The Morgan fingerprint density at radius 3 is 2.60 bits per heavy atom. The summed E-state index contributed by atoms with van der Waals surface area (Å²) in [4.78, 5) is 20.4. The lowest BCUT2D eigenvalue weighted by Crippen LogP contribution is -2.37. The maximum absolute atomic E-state index is 11.3. The number of oxazole rings is 1. The minimum absolute atomic E-state index is 0.0892. The standard InChI is InChI=1S/C23H34N4O3/c1-3-24-23(25-16-12-7-5-6-11-15-21(28)29-4-2)26-17-20-18-30-22(27-20)19-13-9-8-10-14-19/h8-10,13-14,18H,3-7,11-12,15-17H2,1-2H3,(H2,24,25,26). The largest absolute Gasteiger partial charge is 0.466 e. The van der Waals surface area contributed by atoms with Crippen molar-refractivity contribution in [2.75, 3.05) is 19.7 Å². The molecule has 1 aromatic heterocycles. The van der Waals surface area contributed by atoms with Gasteiger partial charge in [0.05, 0.1) is 13.2 Å². The lowest BCUT2D eigenvalue weighted by atomic mass is 10.1. The normalized spacial score (nSPS) is 11.3. The molecule has 0 spiro atoms. The SMILES string of the molecule is CCNC(=NCc1coc(-c2ccccc2)n1)NCCCCCCCC(=O)OCC. The molecule has 30 heavy (non-hydrogen) atoms. The predicted molar refractivity (Wildman–Crippen MR) is 119 cm³/mol. The highest BCUT2D eigenvalue weighted by molar-refractivity contribution is 5.79. The molecule has 0 saturated heterocycles. The fraction of sp³-hybridized carbons (Fsp3) is 0.522. The van der Waals surface area contributed by atoms with Gasteiger partial charge in [-0.25, -0.2) is 9.98 Å². The van der Waals surface area contributed by atoms with Gasteiger partial charge < -0.3 is 19.8 Å². The smallest absolute Gasteiger partial charge is 0.305 e. The molecule has 0 fully saturated rings. The Balaban J connectivity index is 1.66. The number of nitrogens with zero attached hydrogens (tertiary/aromatic N) is 2. The van der Waals surface area contributed by atoms with Crippen LogP contribution in [-0.4, -0.2) is 36.6 Å². The molecule has 0 aliphatic rings. The molecule has 7 heteroatoms. The molecule has 164 valence electrons. The van der Waals surface area contributed by atoms with Gasteiger partial charge in [-0.15, -0.1) is 0 Å². The number of benzene rings is 1.